The third-order valence-corrected chi connectivity index (χ3v) is 8.58. The van der Waals surface area contributed by atoms with Crippen molar-refractivity contribution in [1.29, 1.82) is 0 Å². The maximum absolute atomic E-state index is 13.4. The Kier molecular flexibility index (Phi) is 6.35. The van der Waals surface area contributed by atoms with Gasteiger partial charge in [0.25, 0.3) is 5.91 Å². The van der Waals surface area contributed by atoms with Crippen molar-refractivity contribution < 1.29 is 13.2 Å². The monoisotopic (exact) mass is 472 g/mol. The lowest BCUT2D eigenvalue weighted by atomic mass is 10.2. The summed E-state index contributed by atoms with van der Waals surface area (Å²) in [7, 11) is 1.99. The van der Waals surface area contributed by atoms with Gasteiger partial charge in [0.1, 0.15) is 0 Å². The van der Waals surface area contributed by atoms with Gasteiger partial charge in [0, 0.05) is 31.7 Å². The Bertz CT molecular complexity index is 1230. The van der Waals surface area contributed by atoms with Crippen LogP contribution in [-0.2, 0) is 10.0 Å². The van der Waals surface area contributed by atoms with Gasteiger partial charge in [-0.25, -0.2) is 13.4 Å². The summed E-state index contributed by atoms with van der Waals surface area (Å²) < 4.78 is 28.0. The van der Waals surface area contributed by atoms with Crippen LogP contribution < -0.4 is 4.90 Å². The van der Waals surface area contributed by atoms with E-state index in [-0.39, 0.29) is 16.8 Å². The minimum atomic E-state index is -3.54. The Morgan fingerprint density at radius 3 is 2.38 bits per heavy atom. The van der Waals surface area contributed by atoms with Gasteiger partial charge in [-0.2, -0.15) is 4.31 Å². The van der Waals surface area contributed by atoms with Crippen molar-refractivity contribution >= 4 is 42.6 Å². The molecule has 0 unspecified atom stereocenters. The molecule has 3 aromatic rings. The fourth-order valence-corrected chi connectivity index (χ4v) is 5.95. The predicted molar refractivity (Wildman–Crippen MR) is 129 cm³/mol. The Labute approximate surface area is 193 Å². The molecule has 1 aromatic heterocycles. The molecule has 0 radical (unpaired) electrons. The normalized spacial score (nSPS) is 14.4. The van der Waals surface area contributed by atoms with Gasteiger partial charge in [-0.15, -0.1) is 0 Å². The number of anilines is 1. The molecular formula is C23H28N4O3S2. The molecule has 0 bridgehead atoms. The van der Waals surface area contributed by atoms with Crippen molar-refractivity contribution in [2.75, 3.05) is 39.1 Å². The van der Waals surface area contributed by atoms with E-state index in [4.69, 9.17) is 0 Å². The van der Waals surface area contributed by atoms with Crippen LogP contribution >= 0.6 is 11.3 Å². The number of amides is 1. The van der Waals surface area contributed by atoms with E-state index in [9.17, 15) is 13.2 Å². The standard InChI is InChI=1S/C23H28N4O3S2/c1-16-5-12-20-21(15-16)31-23(24-20)27(14-13-25(2)3)22(28)17-6-10-19(11-7-17)32(29,30)26(4)18-8-9-18/h5-7,10-12,15,18H,8-9,13-14H2,1-4H3. The third kappa shape index (κ3) is 4.71. The maximum atomic E-state index is 13.4. The van der Waals surface area contributed by atoms with Gasteiger partial charge in [0.15, 0.2) is 5.13 Å². The second-order valence-corrected chi connectivity index (χ2v) is 11.5. The number of hydrogen-bond donors (Lipinski definition) is 0. The van der Waals surface area contributed by atoms with E-state index >= 15 is 0 Å². The molecule has 1 aliphatic carbocycles. The van der Waals surface area contributed by atoms with Crippen molar-refractivity contribution in [3.63, 3.8) is 0 Å². The van der Waals surface area contributed by atoms with Gasteiger partial charge in [-0.1, -0.05) is 17.4 Å². The summed E-state index contributed by atoms with van der Waals surface area (Å²) in [6.07, 6.45) is 1.80. The zero-order valence-electron chi connectivity index (χ0n) is 18.8. The van der Waals surface area contributed by atoms with Crippen molar-refractivity contribution in [2.45, 2.75) is 30.7 Å². The quantitative estimate of drug-likeness (QED) is 0.501. The first-order valence-corrected chi connectivity index (χ1v) is 12.8. The third-order valence-electron chi connectivity index (χ3n) is 5.62. The van der Waals surface area contributed by atoms with Crippen LogP contribution in [0.3, 0.4) is 0 Å². The lowest BCUT2D eigenvalue weighted by Gasteiger charge is -2.22. The summed E-state index contributed by atoms with van der Waals surface area (Å²) in [6.45, 7) is 3.19. The zero-order valence-corrected chi connectivity index (χ0v) is 20.4. The summed E-state index contributed by atoms with van der Waals surface area (Å²) in [4.78, 5) is 22.0. The van der Waals surface area contributed by atoms with Crippen LogP contribution in [0.4, 0.5) is 5.13 Å². The number of aromatic nitrogens is 1. The second-order valence-electron chi connectivity index (χ2n) is 8.50. The molecular weight excluding hydrogens is 444 g/mol. The number of carbonyl (C=O) groups excluding carboxylic acids is 1. The number of hydrogen-bond acceptors (Lipinski definition) is 6. The highest BCUT2D eigenvalue weighted by Crippen LogP contribution is 2.32. The Hall–Kier alpha value is -2.33. The SMILES string of the molecule is Cc1ccc2nc(N(CCN(C)C)C(=O)c3ccc(S(=O)(=O)N(C)C4CC4)cc3)sc2c1. The first kappa shape index (κ1) is 22.8. The Morgan fingerprint density at radius 2 is 1.75 bits per heavy atom. The van der Waals surface area contributed by atoms with Crippen LogP contribution in [0, 0.1) is 6.92 Å². The number of rotatable bonds is 8. The van der Waals surface area contributed by atoms with Crippen LogP contribution in [0.5, 0.6) is 0 Å². The van der Waals surface area contributed by atoms with Gasteiger partial charge in [0.05, 0.1) is 15.1 Å². The lowest BCUT2D eigenvalue weighted by Crippen LogP contribution is -2.36. The molecule has 1 fully saturated rings. The highest BCUT2D eigenvalue weighted by atomic mass is 32.2. The van der Waals surface area contributed by atoms with Gasteiger partial charge in [0.2, 0.25) is 10.0 Å². The van der Waals surface area contributed by atoms with Crippen molar-refractivity contribution in [3.8, 4) is 0 Å². The molecule has 0 saturated heterocycles. The summed E-state index contributed by atoms with van der Waals surface area (Å²) in [5.41, 5.74) is 2.45. The molecule has 1 saturated carbocycles. The molecule has 0 atom stereocenters. The average molecular weight is 473 g/mol. The number of likely N-dealkylation sites (N-methyl/N-ethyl adjacent to an activating group) is 1. The fourth-order valence-electron chi connectivity index (χ4n) is 3.45. The van der Waals surface area contributed by atoms with E-state index < -0.39 is 10.0 Å². The van der Waals surface area contributed by atoms with Crippen LogP contribution in [0.1, 0.15) is 28.8 Å². The van der Waals surface area contributed by atoms with E-state index in [1.807, 2.05) is 38.1 Å². The van der Waals surface area contributed by atoms with Crippen molar-refractivity contribution in [2.24, 2.45) is 0 Å². The van der Waals surface area contributed by atoms with Crippen LogP contribution in [0.25, 0.3) is 10.2 Å². The predicted octanol–water partition coefficient (Wildman–Crippen LogP) is 3.60. The topological polar surface area (TPSA) is 73.8 Å². The van der Waals surface area contributed by atoms with E-state index in [1.54, 1.807) is 24.1 Å². The fraction of sp³-hybridized carbons (Fsp3) is 0.391. The molecule has 0 spiro atoms. The summed E-state index contributed by atoms with van der Waals surface area (Å²) in [5, 5.41) is 0.641. The maximum Gasteiger partial charge on any atom is 0.260 e. The number of benzene rings is 2. The molecule has 1 heterocycles. The minimum Gasteiger partial charge on any atom is -0.308 e. The van der Waals surface area contributed by atoms with Crippen molar-refractivity contribution in [3.05, 3.63) is 53.6 Å². The van der Waals surface area contributed by atoms with Gasteiger partial charge in [-0.3, -0.25) is 9.69 Å². The molecule has 4 rings (SSSR count). The zero-order chi connectivity index (χ0) is 23.0. The number of carbonyl (C=O) groups is 1. The van der Waals surface area contributed by atoms with E-state index in [2.05, 4.69) is 11.1 Å². The molecule has 2 aromatic carbocycles. The lowest BCUT2D eigenvalue weighted by molar-refractivity contribution is 0.0985. The van der Waals surface area contributed by atoms with Crippen LogP contribution in [0.15, 0.2) is 47.4 Å². The van der Waals surface area contributed by atoms with E-state index in [0.29, 0.717) is 23.8 Å². The molecule has 170 valence electrons. The molecule has 32 heavy (non-hydrogen) atoms. The number of sulfonamides is 1. The molecule has 1 amide bonds. The minimum absolute atomic E-state index is 0.0884. The first-order chi connectivity index (χ1) is 15.2. The highest BCUT2D eigenvalue weighted by Gasteiger charge is 2.35. The first-order valence-electron chi connectivity index (χ1n) is 10.6. The molecule has 9 heteroatoms. The number of aryl methyl sites for hydroxylation is 1. The van der Waals surface area contributed by atoms with E-state index in [0.717, 1.165) is 28.6 Å². The molecule has 7 nitrogen and oxygen atoms in total. The highest BCUT2D eigenvalue weighted by molar-refractivity contribution is 7.89. The second kappa shape index (κ2) is 8.90. The van der Waals surface area contributed by atoms with Crippen LogP contribution in [-0.4, -0.2) is 68.8 Å². The van der Waals surface area contributed by atoms with Crippen molar-refractivity contribution in [1.82, 2.24) is 14.2 Å². The van der Waals surface area contributed by atoms with Crippen LogP contribution in [0.2, 0.25) is 0 Å². The summed E-state index contributed by atoms with van der Waals surface area (Å²) in [6, 6.07) is 12.4. The van der Waals surface area contributed by atoms with E-state index in [1.165, 1.54) is 27.8 Å². The molecule has 0 N–H and O–H groups in total. The molecule has 0 aliphatic heterocycles. The van der Waals surface area contributed by atoms with Gasteiger partial charge < -0.3 is 4.90 Å². The number of thiazole rings is 1. The average Bonchev–Trinajstić information content (AvgIpc) is 3.52. The smallest absolute Gasteiger partial charge is 0.260 e. The van der Waals surface area contributed by atoms with Gasteiger partial charge in [-0.05, 0) is 75.8 Å². The molecule has 1 aliphatic rings. The van der Waals surface area contributed by atoms with Gasteiger partial charge >= 0.3 is 0 Å². The summed E-state index contributed by atoms with van der Waals surface area (Å²) in [5.74, 6) is -0.192. The number of fused-ring (bicyclic) bond motifs is 1. The largest absolute Gasteiger partial charge is 0.308 e. The number of nitrogens with zero attached hydrogens (tertiary/aromatic N) is 4. The Morgan fingerprint density at radius 1 is 1.06 bits per heavy atom. The Balaban J connectivity index is 1.62. The summed E-state index contributed by atoms with van der Waals surface area (Å²) >= 11 is 1.49.